The van der Waals surface area contributed by atoms with Gasteiger partial charge in [0.2, 0.25) is 0 Å². The molecule has 0 aliphatic rings. The number of hydrogen-bond acceptors (Lipinski definition) is 6. The van der Waals surface area contributed by atoms with Crippen LogP contribution in [0.15, 0.2) is 16.6 Å². The molecule has 4 nitrogen and oxygen atoms in total. The second-order valence-corrected chi connectivity index (χ2v) is 4.03. The lowest BCUT2D eigenvalue weighted by Crippen LogP contribution is -2.09. The maximum Gasteiger partial charge on any atom is 0.189 e. The summed E-state index contributed by atoms with van der Waals surface area (Å²) in [6.45, 7) is 0. The third kappa shape index (κ3) is 1.48. The second kappa shape index (κ2) is 3.49. The number of nitrogen functional groups attached to an aromatic ring is 1. The maximum atomic E-state index is 5.36. The van der Waals surface area contributed by atoms with Gasteiger partial charge in [0, 0.05) is 0 Å². The lowest BCUT2D eigenvalue weighted by atomic mass is 10.4. The number of hydrogen-bond donors (Lipinski definition) is 2. The van der Waals surface area contributed by atoms with Crippen LogP contribution in [0.5, 0.6) is 0 Å². The molecule has 0 bridgehead atoms. The topological polar surface area (TPSA) is 63.8 Å². The first-order valence-corrected chi connectivity index (χ1v) is 5.71. The van der Waals surface area contributed by atoms with Gasteiger partial charge < -0.3 is 5.43 Å². The van der Waals surface area contributed by atoms with E-state index in [4.69, 9.17) is 5.84 Å². The lowest BCUT2D eigenvalue weighted by Gasteiger charge is -2.01. The zero-order valence-corrected chi connectivity index (χ0v) is 8.58. The van der Waals surface area contributed by atoms with Gasteiger partial charge in [0.25, 0.3) is 0 Å². The number of nitrogens with two attached hydrogens (primary N) is 1. The van der Waals surface area contributed by atoms with Crippen LogP contribution in [-0.2, 0) is 0 Å². The van der Waals surface area contributed by atoms with Crippen molar-refractivity contribution < 1.29 is 0 Å². The molecule has 0 atom stereocenters. The van der Waals surface area contributed by atoms with E-state index in [1.165, 1.54) is 11.8 Å². The fraction of sp³-hybridized carbons (Fsp3) is 0.143. The fourth-order valence-electron chi connectivity index (χ4n) is 1.03. The summed E-state index contributed by atoms with van der Waals surface area (Å²) in [6.07, 6.45) is 1.94. The summed E-state index contributed by atoms with van der Waals surface area (Å²) in [6, 6.07) is 1.96. The first kappa shape index (κ1) is 8.74. The highest BCUT2D eigenvalue weighted by atomic mass is 32.2. The molecule has 13 heavy (non-hydrogen) atoms. The van der Waals surface area contributed by atoms with Crippen LogP contribution in [-0.4, -0.2) is 16.2 Å². The van der Waals surface area contributed by atoms with Gasteiger partial charge in [0.1, 0.15) is 0 Å². The highest BCUT2D eigenvalue weighted by molar-refractivity contribution is 7.98. The van der Waals surface area contributed by atoms with Crippen molar-refractivity contribution in [3.05, 3.63) is 11.4 Å². The number of rotatable bonds is 2. The van der Waals surface area contributed by atoms with Gasteiger partial charge in [-0.25, -0.2) is 15.8 Å². The third-order valence-electron chi connectivity index (χ3n) is 1.60. The van der Waals surface area contributed by atoms with Gasteiger partial charge in [0.15, 0.2) is 11.0 Å². The zero-order chi connectivity index (χ0) is 9.26. The summed E-state index contributed by atoms with van der Waals surface area (Å²) in [5, 5.41) is 2.71. The number of anilines is 1. The maximum absolute atomic E-state index is 5.36. The number of nitrogens with one attached hydrogen (secondary N) is 1. The minimum Gasteiger partial charge on any atom is -0.307 e. The van der Waals surface area contributed by atoms with Crippen LogP contribution >= 0.6 is 23.1 Å². The van der Waals surface area contributed by atoms with Crippen molar-refractivity contribution in [3.8, 4) is 0 Å². The largest absolute Gasteiger partial charge is 0.307 e. The molecule has 0 aromatic carbocycles. The van der Waals surface area contributed by atoms with Crippen LogP contribution in [0.2, 0.25) is 0 Å². The van der Waals surface area contributed by atoms with E-state index in [0.29, 0.717) is 5.82 Å². The SMILES string of the molecule is CSc1nc(NN)c2sccc2n1. The van der Waals surface area contributed by atoms with Crippen molar-refractivity contribution in [2.75, 3.05) is 11.7 Å². The molecule has 2 aromatic heterocycles. The van der Waals surface area contributed by atoms with Gasteiger partial charge in [-0.05, 0) is 17.7 Å². The average Bonchev–Trinajstić information content (AvgIpc) is 2.63. The van der Waals surface area contributed by atoms with Crippen LogP contribution in [0, 0.1) is 0 Å². The summed E-state index contributed by atoms with van der Waals surface area (Å²) in [7, 11) is 0. The van der Waals surface area contributed by atoms with Crippen LogP contribution in [0.1, 0.15) is 0 Å². The molecule has 3 N–H and O–H groups in total. The van der Waals surface area contributed by atoms with E-state index in [1.54, 1.807) is 11.3 Å². The zero-order valence-electron chi connectivity index (χ0n) is 6.94. The van der Waals surface area contributed by atoms with E-state index < -0.39 is 0 Å². The average molecular weight is 212 g/mol. The lowest BCUT2D eigenvalue weighted by molar-refractivity contribution is 1.00. The van der Waals surface area contributed by atoms with Gasteiger partial charge in [-0.1, -0.05) is 11.8 Å². The predicted molar refractivity (Wildman–Crippen MR) is 57.0 cm³/mol. The molecule has 0 aliphatic carbocycles. The molecule has 0 aliphatic heterocycles. The molecule has 68 valence electrons. The Balaban J connectivity index is 2.70. The molecule has 0 unspecified atom stereocenters. The molecule has 0 saturated heterocycles. The highest BCUT2D eigenvalue weighted by Crippen LogP contribution is 2.27. The molecule has 2 heterocycles. The molecule has 0 saturated carbocycles. The number of nitrogens with zero attached hydrogens (tertiary/aromatic N) is 2. The molecule has 2 aromatic rings. The normalized spacial score (nSPS) is 10.6. The molecular formula is C7H8N4S2. The van der Waals surface area contributed by atoms with Gasteiger partial charge in [-0.2, -0.15) is 0 Å². The predicted octanol–water partition coefficient (Wildman–Crippen LogP) is 1.70. The summed E-state index contributed by atoms with van der Waals surface area (Å²) >= 11 is 3.08. The van der Waals surface area contributed by atoms with E-state index in [2.05, 4.69) is 15.4 Å². The Morgan fingerprint density at radius 1 is 1.54 bits per heavy atom. The third-order valence-corrected chi connectivity index (χ3v) is 3.06. The number of fused-ring (bicyclic) bond motifs is 1. The van der Waals surface area contributed by atoms with Gasteiger partial charge in [0.05, 0.1) is 10.2 Å². The number of thiophene rings is 1. The second-order valence-electron chi connectivity index (χ2n) is 2.34. The summed E-state index contributed by atoms with van der Waals surface area (Å²) in [5.41, 5.74) is 3.52. The summed E-state index contributed by atoms with van der Waals surface area (Å²) in [4.78, 5) is 8.57. The minimum absolute atomic E-state index is 0.698. The first-order chi connectivity index (χ1) is 6.35. The Kier molecular flexibility index (Phi) is 2.34. The Morgan fingerprint density at radius 3 is 3.08 bits per heavy atom. The Bertz CT molecular complexity index is 425. The van der Waals surface area contributed by atoms with Crippen molar-refractivity contribution in [2.45, 2.75) is 5.16 Å². The molecule has 0 fully saturated rings. The summed E-state index contributed by atoms with van der Waals surface area (Å²) < 4.78 is 1.00. The van der Waals surface area contributed by atoms with Crippen LogP contribution < -0.4 is 11.3 Å². The number of thioether (sulfide) groups is 1. The van der Waals surface area contributed by atoms with Gasteiger partial charge >= 0.3 is 0 Å². The van der Waals surface area contributed by atoms with Crippen LogP contribution in [0.25, 0.3) is 10.2 Å². The van der Waals surface area contributed by atoms with E-state index >= 15 is 0 Å². The van der Waals surface area contributed by atoms with Crippen LogP contribution in [0.3, 0.4) is 0 Å². The van der Waals surface area contributed by atoms with Crippen molar-refractivity contribution >= 4 is 39.1 Å². The highest BCUT2D eigenvalue weighted by Gasteiger charge is 2.06. The Hall–Kier alpha value is -0.850. The van der Waals surface area contributed by atoms with Crippen molar-refractivity contribution in [1.82, 2.24) is 9.97 Å². The monoisotopic (exact) mass is 212 g/mol. The minimum atomic E-state index is 0.698. The number of hydrazine groups is 1. The Morgan fingerprint density at radius 2 is 2.38 bits per heavy atom. The van der Waals surface area contributed by atoms with Crippen LogP contribution in [0.4, 0.5) is 5.82 Å². The number of aromatic nitrogens is 2. The van der Waals surface area contributed by atoms with E-state index in [9.17, 15) is 0 Å². The fourth-order valence-corrected chi connectivity index (χ4v) is 2.19. The quantitative estimate of drug-likeness (QED) is 0.343. The molecule has 0 radical (unpaired) electrons. The van der Waals surface area contributed by atoms with Crippen molar-refractivity contribution in [2.24, 2.45) is 5.84 Å². The Labute approximate surface area is 83.5 Å². The molecule has 0 amide bonds. The molecule has 2 rings (SSSR count). The molecular weight excluding hydrogens is 204 g/mol. The van der Waals surface area contributed by atoms with Gasteiger partial charge in [-0.3, -0.25) is 0 Å². The standard InChI is InChI=1S/C7H8N4S2/c1-12-7-9-4-2-3-13-5(4)6(10-7)11-8/h2-3H,8H2,1H3,(H,9,10,11). The smallest absolute Gasteiger partial charge is 0.189 e. The van der Waals surface area contributed by atoms with E-state index in [-0.39, 0.29) is 0 Å². The van der Waals surface area contributed by atoms with E-state index in [0.717, 1.165) is 15.4 Å². The molecule has 6 heteroatoms. The van der Waals surface area contributed by atoms with E-state index in [1.807, 2.05) is 17.7 Å². The summed E-state index contributed by atoms with van der Waals surface area (Å²) in [5.74, 6) is 6.05. The first-order valence-electron chi connectivity index (χ1n) is 3.61. The van der Waals surface area contributed by atoms with Gasteiger partial charge in [-0.15, -0.1) is 11.3 Å². The van der Waals surface area contributed by atoms with Crippen molar-refractivity contribution in [1.29, 1.82) is 0 Å². The molecule has 0 spiro atoms. The van der Waals surface area contributed by atoms with Crippen molar-refractivity contribution in [3.63, 3.8) is 0 Å².